The minimum atomic E-state index is 0.0530. The second-order valence-electron chi connectivity index (χ2n) is 7.70. The molecule has 2 aromatic rings. The molecule has 2 fully saturated rings. The van der Waals surface area contributed by atoms with E-state index in [9.17, 15) is 4.79 Å². The molecule has 0 bridgehead atoms. The van der Waals surface area contributed by atoms with Crippen LogP contribution in [0.3, 0.4) is 0 Å². The molecule has 4 rings (SSSR count). The van der Waals surface area contributed by atoms with Crippen molar-refractivity contribution in [1.82, 2.24) is 9.80 Å². The first-order valence-corrected chi connectivity index (χ1v) is 11.2. The fraction of sp³-hybridized carbons (Fsp3) is 0.333. The summed E-state index contributed by atoms with van der Waals surface area (Å²) in [4.78, 5) is 19.3. The number of hydrogen-bond acceptors (Lipinski definition) is 3. The van der Waals surface area contributed by atoms with E-state index in [1.165, 1.54) is 30.5 Å². The SMILES string of the molecule is CN1C(=[Se])N(CCc2ccccc2)C(=O)/C1=C\c1ccc(N2CCCCC2)cc1. The molecule has 4 nitrogen and oxygen atoms in total. The zero-order chi connectivity index (χ0) is 20.2. The summed E-state index contributed by atoms with van der Waals surface area (Å²) < 4.78 is 0.863. The van der Waals surface area contributed by atoms with Crippen molar-refractivity contribution >= 4 is 37.9 Å². The van der Waals surface area contributed by atoms with Crippen LogP contribution in [0.1, 0.15) is 30.4 Å². The molecule has 0 spiro atoms. The fourth-order valence-corrected chi connectivity index (χ4v) is 4.56. The van der Waals surface area contributed by atoms with Gasteiger partial charge in [0.2, 0.25) is 0 Å². The first-order valence-electron chi connectivity index (χ1n) is 10.3. The summed E-state index contributed by atoms with van der Waals surface area (Å²) in [5.74, 6) is 0.0530. The zero-order valence-corrected chi connectivity index (χ0v) is 18.6. The number of hydrogen-bond donors (Lipinski definition) is 0. The fourth-order valence-electron chi connectivity index (χ4n) is 3.99. The van der Waals surface area contributed by atoms with E-state index in [4.69, 9.17) is 0 Å². The standard InChI is InChI=1S/C24H27N3OSe/c1-25-22(18-20-10-12-21(13-11-20)26-15-6-3-7-16-26)23(28)27(24(25)29)17-14-19-8-4-2-5-9-19/h2,4-5,8-13,18H,3,6-7,14-17H2,1H3/b22-18+. The van der Waals surface area contributed by atoms with Crippen LogP contribution in [0.5, 0.6) is 0 Å². The normalized spacial score (nSPS) is 18.8. The van der Waals surface area contributed by atoms with Crippen molar-refractivity contribution in [2.24, 2.45) is 0 Å². The van der Waals surface area contributed by atoms with Crippen LogP contribution in [0.2, 0.25) is 0 Å². The second-order valence-corrected chi connectivity index (χ2v) is 8.47. The Bertz CT molecular complexity index is 901. The number of amides is 1. The third-order valence-electron chi connectivity index (χ3n) is 5.73. The topological polar surface area (TPSA) is 26.8 Å². The number of anilines is 1. The monoisotopic (exact) mass is 453 g/mol. The molecule has 2 aliphatic rings. The molecule has 0 N–H and O–H groups in total. The van der Waals surface area contributed by atoms with E-state index < -0.39 is 0 Å². The Hall–Kier alpha value is -2.36. The van der Waals surface area contributed by atoms with Crippen LogP contribution in [0, 0.1) is 0 Å². The van der Waals surface area contributed by atoms with Gasteiger partial charge < -0.3 is 0 Å². The number of nitrogens with zero attached hydrogens (tertiary/aromatic N) is 3. The van der Waals surface area contributed by atoms with Crippen LogP contribution in [0.25, 0.3) is 6.08 Å². The molecule has 1 amide bonds. The summed E-state index contributed by atoms with van der Waals surface area (Å²) >= 11 is 3.07. The van der Waals surface area contributed by atoms with E-state index in [1.54, 1.807) is 0 Å². The summed E-state index contributed by atoms with van der Waals surface area (Å²) in [6.45, 7) is 2.95. The van der Waals surface area contributed by atoms with E-state index in [0.717, 1.165) is 29.7 Å². The van der Waals surface area contributed by atoms with E-state index >= 15 is 0 Å². The van der Waals surface area contributed by atoms with E-state index in [1.807, 2.05) is 41.1 Å². The van der Waals surface area contributed by atoms with Crippen molar-refractivity contribution in [3.63, 3.8) is 0 Å². The molecule has 2 aromatic carbocycles. The van der Waals surface area contributed by atoms with Crippen LogP contribution in [0.15, 0.2) is 60.3 Å². The van der Waals surface area contributed by atoms with Gasteiger partial charge in [0.15, 0.2) is 0 Å². The van der Waals surface area contributed by atoms with Gasteiger partial charge in [-0.3, -0.25) is 0 Å². The van der Waals surface area contributed by atoms with Crippen LogP contribution in [0.4, 0.5) is 5.69 Å². The van der Waals surface area contributed by atoms with Crippen molar-refractivity contribution in [3.8, 4) is 0 Å². The quantitative estimate of drug-likeness (QED) is 0.515. The Morgan fingerprint density at radius 2 is 1.66 bits per heavy atom. The zero-order valence-electron chi connectivity index (χ0n) is 16.9. The third kappa shape index (κ3) is 4.47. The average molecular weight is 452 g/mol. The Morgan fingerprint density at radius 3 is 2.34 bits per heavy atom. The van der Waals surface area contributed by atoms with Gasteiger partial charge in [-0.05, 0) is 0 Å². The van der Waals surface area contributed by atoms with Gasteiger partial charge in [-0.1, -0.05) is 0 Å². The molecule has 2 saturated heterocycles. The predicted octanol–water partition coefficient (Wildman–Crippen LogP) is 3.29. The van der Waals surface area contributed by atoms with Gasteiger partial charge in [-0.25, -0.2) is 0 Å². The van der Waals surface area contributed by atoms with E-state index in [-0.39, 0.29) is 5.91 Å². The van der Waals surface area contributed by atoms with Crippen molar-refractivity contribution in [2.45, 2.75) is 25.7 Å². The Morgan fingerprint density at radius 1 is 0.966 bits per heavy atom. The Balaban J connectivity index is 1.46. The van der Waals surface area contributed by atoms with E-state index in [0.29, 0.717) is 12.2 Å². The first kappa shape index (κ1) is 19.9. The van der Waals surface area contributed by atoms with Crippen molar-refractivity contribution in [1.29, 1.82) is 0 Å². The van der Waals surface area contributed by atoms with Crippen molar-refractivity contribution in [3.05, 3.63) is 71.4 Å². The molecule has 5 heteroatoms. The van der Waals surface area contributed by atoms with Crippen LogP contribution in [-0.2, 0) is 11.2 Å². The Kier molecular flexibility index (Phi) is 6.17. The maximum atomic E-state index is 13.0. The average Bonchev–Trinajstić information content (AvgIpc) is 2.97. The number of benzene rings is 2. The van der Waals surface area contributed by atoms with Gasteiger partial charge in [-0.15, -0.1) is 0 Å². The first-order chi connectivity index (χ1) is 14.1. The molecule has 29 heavy (non-hydrogen) atoms. The minimum absolute atomic E-state index is 0.0530. The van der Waals surface area contributed by atoms with Crippen LogP contribution < -0.4 is 4.90 Å². The molecular weight excluding hydrogens is 425 g/mol. The second kappa shape index (κ2) is 8.98. The molecule has 0 radical (unpaired) electrons. The Labute approximate surface area is 181 Å². The van der Waals surface area contributed by atoms with Gasteiger partial charge in [0, 0.05) is 0 Å². The van der Waals surface area contributed by atoms with Crippen molar-refractivity contribution < 1.29 is 4.79 Å². The third-order valence-corrected chi connectivity index (χ3v) is 6.77. The predicted molar refractivity (Wildman–Crippen MR) is 121 cm³/mol. The number of piperidine rings is 1. The maximum absolute atomic E-state index is 13.0. The molecule has 150 valence electrons. The number of likely N-dealkylation sites (N-methyl/N-ethyl adjacent to an activating group) is 1. The number of carbonyl (C=O) groups excluding carboxylic acids is 1. The van der Waals surface area contributed by atoms with E-state index in [2.05, 4.69) is 56.9 Å². The molecule has 0 aromatic heterocycles. The molecule has 0 saturated carbocycles. The van der Waals surface area contributed by atoms with Crippen LogP contribution >= 0.6 is 0 Å². The van der Waals surface area contributed by atoms with Gasteiger partial charge in [0.05, 0.1) is 0 Å². The molecule has 2 aliphatic heterocycles. The van der Waals surface area contributed by atoms with Gasteiger partial charge in [0.25, 0.3) is 0 Å². The van der Waals surface area contributed by atoms with Crippen LogP contribution in [-0.4, -0.2) is 62.6 Å². The van der Waals surface area contributed by atoms with Crippen molar-refractivity contribution in [2.75, 3.05) is 31.6 Å². The summed E-state index contributed by atoms with van der Waals surface area (Å²) in [5, 5.41) is 0. The number of carbonyl (C=O) groups is 1. The summed E-state index contributed by atoms with van der Waals surface area (Å²) in [6.07, 6.45) is 6.71. The molecule has 0 aliphatic carbocycles. The van der Waals surface area contributed by atoms with Gasteiger partial charge in [-0.2, -0.15) is 0 Å². The summed E-state index contributed by atoms with van der Waals surface area (Å²) in [5.41, 5.74) is 4.27. The molecular formula is C24H27N3OSe. The summed E-state index contributed by atoms with van der Waals surface area (Å²) in [6, 6.07) is 18.9. The number of rotatable bonds is 5. The van der Waals surface area contributed by atoms with Gasteiger partial charge >= 0.3 is 181 Å². The molecule has 0 atom stereocenters. The molecule has 0 unspecified atom stereocenters. The van der Waals surface area contributed by atoms with Gasteiger partial charge in [0.1, 0.15) is 0 Å². The molecule has 2 heterocycles. The summed E-state index contributed by atoms with van der Waals surface area (Å²) in [7, 11) is 1.94.